The van der Waals surface area contributed by atoms with Crippen LogP contribution in [0.5, 0.6) is 0 Å². The van der Waals surface area contributed by atoms with Crippen molar-refractivity contribution in [3.8, 4) is 17.3 Å². The summed E-state index contributed by atoms with van der Waals surface area (Å²) in [6.45, 7) is 9.77. The second-order valence-corrected chi connectivity index (χ2v) is 11.4. The van der Waals surface area contributed by atoms with E-state index in [4.69, 9.17) is 15.0 Å². The lowest BCUT2D eigenvalue weighted by atomic mass is 10.00. The average molecular weight is 543 g/mol. The fourth-order valence-electron chi connectivity index (χ4n) is 4.84. The Balaban J connectivity index is 1.20. The fourth-order valence-corrected chi connectivity index (χ4v) is 4.84. The van der Waals surface area contributed by atoms with Gasteiger partial charge in [-0.15, -0.1) is 0 Å². The molecule has 0 saturated carbocycles. The third kappa shape index (κ3) is 6.06. The number of hydrogen-bond acceptors (Lipinski definition) is 8. The Bertz CT molecular complexity index is 1420. The summed E-state index contributed by atoms with van der Waals surface area (Å²) in [4.78, 5) is 37.6. The zero-order valence-electron chi connectivity index (χ0n) is 23.3. The number of anilines is 2. The highest BCUT2D eigenvalue weighted by Gasteiger charge is 2.31. The zero-order chi connectivity index (χ0) is 28.4. The molecule has 2 saturated heterocycles. The van der Waals surface area contributed by atoms with Gasteiger partial charge in [-0.25, -0.2) is 14.8 Å². The van der Waals surface area contributed by atoms with Gasteiger partial charge in [-0.2, -0.15) is 10.4 Å². The molecule has 3 aromatic rings. The van der Waals surface area contributed by atoms with E-state index in [2.05, 4.69) is 21.5 Å². The van der Waals surface area contributed by atoms with Gasteiger partial charge in [0.25, 0.3) is 5.91 Å². The first-order valence-corrected chi connectivity index (χ1v) is 13.5. The molecule has 208 valence electrons. The highest BCUT2D eigenvalue weighted by atomic mass is 16.6. The van der Waals surface area contributed by atoms with Gasteiger partial charge in [0, 0.05) is 49.7 Å². The third-order valence-corrected chi connectivity index (χ3v) is 7.08. The molecular weight excluding hydrogens is 508 g/mol. The molecule has 2 aliphatic heterocycles. The first-order chi connectivity index (χ1) is 19.1. The molecule has 1 N–H and O–H groups in total. The Morgan fingerprint density at radius 1 is 1.07 bits per heavy atom. The number of likely N-dealkylation sites (tertiary alicyclic amines) is 2. The number of nitrogens with zero attached hydrogens (tertiary/aromatic N) is 7. The topological polar surface area (TPSA) is 129 Å². The molecule has 0 spiro atoms. The number of benzene rings is 1. The van der Waals surface area contributed by atoms with E-state index in [0.717, 1.165) is 35.3 Å². The normalized spacial score (nSPS) is 16.3. The van der Waals surface area contributed by atoms with Crippen molar-refractivity contribution in [3.63, 3.8) is 0 Å². The van der Waals surface area contributed by atoms with Crippen LogP contribution in [-0.4, -0.2) is 73.3 Å². The summed E-state index contributed by atoms with van der Waals surface area (Å²) in [5.41, 5.74) is 3.42. The molecule has 4 heterocycles. The highest BCUT2D eigenvalue weighted by molar-refractivity contribution is 5.95. The first kappa shape index (κ1) is 27.1. The zero-order valence-corrected chi connectivity index (χ0v) is 23.3. The lowest BCUT2D eigenvalue weighted by Gasteiger charge is -2.35. The molecule has 11 heteroatoms. The monoisotopic (exact) mass is 542 g/mol. The molecule has 2 amide bonds. The molecule has 0 bridgehead atoms. The van der Waals surface area contributed by atoms with E-state index in [-0.39, 0.29) is 24.0 Å². The number of ether oxygens (including phenoxy) is 1. The maximum absolute atomic E-state index is 12.6. The van der Waals surface area contributed by atoms with Crippen molar-refractivity contribution in [1.29, 1.82) is 5.26 Å². The Morgan fingerprint density at radius 2 is 1.77 bits per heavy atom. The third-order valence-electron chi connectivity index (χ3n) is 7.08. The number of amides is 2. The van der Waals surface area contributed by atoms with Gasteiger partial charge in [-0.3, -0.25) is 9.48 Å². The minimum Gasteiger partial charge on any atom is -0.444 e. The van der Waals surface area contributed by atoms with Crippen molar-refractivity contribution in [1.82, 2.24) is 29.5 Å². The minimum atomic E-state index is -0.506. The largest absolute Gasteiger partial charge is 0.444 e. The highest BCUT2D eigenvalue weighted by Crippen LogP contribution is 2.27. The van der Waals surface area contributed by atoms with Crippen LogP contribution in [0.25, 0.3) is 11.3 Å². The molecule has 0 atom stereocenters. The van der Waals surface area contributed by atoms with Crippen LogP contribution in [0.4, 0.5) is 16.4 Å². The van der Waals surface area contributed by atoms with Crippen LogP contribution < -0.4 is 5.32 Å². The Kier molecular flexibility index (Phi) is 7.43. The summed E-state index contributed by atoms with van der Waals surface area (Å²) in [6.07, 6.45) is 6.76. The second kappa shape index (κ2) is 11.0. The van der Waals surface area contributed by atoms with Crippen molar-refractivity contribution >= 4 is 23.6 Å². The predicted octanol–water partition coefficient (Wildman–Crippen LogP) is 4.56. The van der Waals surface area contributed by atoms with Crippen LogP contribution in [-0.2, 0) is 4.74 Å². The van der Waals surface area contributed by atoms with Crippen molar-refractivity contribution in [2.45, 2.75) is 52.2 Å². The van der Waals surface area contributed by atoms with Crippen LogP contribution >= 0.6 is 0 Å². The van der Waals surface area contributed by atoms with Gasteiger partial charge in [-0.1, -0.05) is 12.1 Å². The van der Waals surface area contributed by atoms with Gasteiger partial charge in [0.1, 0.15) is 5.60 Å². The van der Waals surface area contributed by atoms with Crippen LogP contribution in [0.3, 0.4) is 0 Å². The summed E-state index contributed by atoms with van der Waals surface area (Å²) in [5, 5.41) is 16.7. The number of aryl methyl sites for hydroxylation is 1. The molecule has 5 rings (SSSR count). The Morgan fingerprint density at radius 3 is 2.42 bits per heavy atom. The number of hydrogen-bond donors (Lipinski definition) is 1. The van der Waals surface area contributed by atoms with E-state index in [1.54, 1.807) is 34.3 Å². The quantitative estimate of drug-likeness (QED) is 0.497. The minimum absolute atomic E-state index is 0.0626. The van der Waals surface area contributed by atoms with E-state index in [9.17, 15) is 9.59 Å². The van der Waals surface area contributed by atoms with E-state index in [1.807, 2.05) is 50.7 Å². The molecule has 1 aromatic carbocycles. The van der Waals surface area contributed by atoms with Crippen molar-refractivity contribution in [2.75, 3.05) is 31.5 Å². The molecule has 2 aliphatic rings. The van der Waals surface area contributed by atoms with Crippen molar-refractivity contribution in [2.24, 2.45) is 5.92 Å². The number of carbonyl (C=O) groups is 2. The standard InChI is InChI=1S/C29H34N8O3/c1-19-14-31-27(34-25(19)21-5-7-22(8-6-21)26(38)36-16-20(13-30)17-36)33-23-15-32-37(18-23)24-9-11-35(12-10-24)28(39)40-29(2,3)4/h5-8,14-15,18,20,24H,9-12,16-17H2,1-4H3,(H,31,33,34). The van der Waals surface area contributed by atoms with Crippen LogP contribution in [0.1, 0.15) is 55.6 Å². The predicted molar refractivity (Wildman–Crippen MR) is 149 cm³/mol. The summed E-state index contributed by atoms with van der Waals surface area (Å²) < 4.78 is 7.42. The molecule has 0 radical (unpaired) electrons. The number of rotatable bonds is 5. The Labute approximate surface area is 233 Å². The van der Waals surface area contributed by atoms with E-state index in [0.29, 0.717) is 37.7 Å². The van der Waals surface area contributed by atoms with Gasteiger partial charge in [0.2, 0.25) is 5.95 Å². The molecule has 0 unspecified atom stereocenters. The molecular formula is C29H34N8O3. The summed E-state index contributed by atoms with van der Waals surface area (Å²) in [6, 6.07) is 9.74. The lowest BCUT2D eigenvalue weighted by Crippen LogP contribution is -2.49. The smallest absolute Gasteiger partial charge is 0.410 e. The summed E-state index contributed by atoms with van der Waals surface area (Å²) >= 11 is 0. The second-order valence-electron chi connectivity index (χ2n) is 11.4. The summed E-state index contributed by atoms with van der Waals surface area (Å²) in [7, 11) is 0. The van der Waals surface area contributed by atoms with Gasteiger partial charge in [-0.05, 0) is 58.2 Å². The van der Waals surface area contributed by atoms with E-state index < -0.39 is 5.60 Å². The van der Waals surface area contributed by atoms with Crippen LogP contribution in [0, 0.1) is 24.2 Å². The van der Waals surface area contributed by atoms with Gasteiger partial charge in [0.15, 0.2) is 0 Å². The molecule has 0 aliphatic carbocycles. The van der Waals surface area contributed by atoms with Gasteiger partial charge < -0.3 is 19.9 Å². The van der Waals surface area contributed by atoms with E-state index in [1.165, 1.54) is 0 Å². The molecule has 2 fully saturated rings. The fraction of sp³-hybridized carbons (Fsp3) is 0.448. The number of nitriles is 1. The molecule has 40 heavy (non-hydrogen) atoms. The maximum atomic E-state index is 12.6. The first-order valence-electron chi connectivity index (χ1n) is 13.5. The number of piperidine rings is 1. The van der Waals surface area contributed by atoms with Crippen molar-refractivity contribution in [3.05, 3.63) is 54.0 Å². The molecule has 11 nitrogen and oxygen atoms in total. The number of aromatic nitrogens is 4. The maximum Gasteiger partial charge on any atom is 0.410 e. The van der Waals surface area contributed by atoms with Gasteiger partial charge >= 0.3 is 6.09 Å². The van der Waals surface area contributed by atoms with Crippen molar-refractivity contribution < 1.29 is 14.3 Å². The Hall–Kier alpha value is -4.46. The number of carbonyl (C=O) groups excluding carboxylic acids is 2. The van der Waals surface area contributed by atoms with Crippen LogP contribution in [0.15, 0.2) is 42.9 Å². The van der Waals surface area contributed by atoms with Gasteiger partial charge in [0.05, 0.1) is 35.6 Å². The SMILES string of the molecule is Cc1cnc(Nc2cnn(C3CCN(C(=O)OC(C)(C)C)CC3)c2)nc1-c1ccc(C(=O)N2CC(C#N)C2)cc1. The summed E-state index contributed by atoms with van der Waals surface area (Å²) in [5.74, 6) is 0.317. The molecule has 2 aromatic heterocycles. The van der Waals surface area contributed by atoms with Crippen LogP contribution in [0.2, 0.25) is 0 Å². The van der Waals surface area contributed by atoms with E-state index >= 15 is 0 Å². The lowest BCUT2D eigenvalue weighted by molar-refractivity contribution is 0.0184. The average Bonchev–Trinajstić information content (AvgIpc) is 3.37. The number of nitrogens with one attached hydrogen (secondary N) is 1.